The van der Waals surface area contributed by atoms with Crippen molar-refractivity contribution in [2.45, 2.75) is 0 Å². The minimum atomic E-state index is -1.66. The van der Waals surface area contributed by atoms with Crippen molar-refractivity contribution in [3.63, 3.8) is 0 Å². The van der Waals surface area contributed by atoms with E-state index in [2.05, 4.69) is 0 Å². The molecule has 10 heavy (non-hydrogen) atoms. The first-order chi connectivity index (χ1) is 1.73. The Balaban J connectivity index is -0.00000000300. The summed E-state index contributed by atoms with van der Waals surface area (Å²) in [4.78, 5) is 0. The second-order valence-corrected chi connectivity index (χ2v) is 7.61. The monoisotopic (exact) mass is 364 g/mol. The van der Waals surface area contributed by atoms with E-state index in [0.717, 1.165) is 0 Å². The molecule has 0 fully saturated rings. The van der Waals surface area contributed by atoms with Crippen molar-refractivity contribution in [2.24, 2.45) is 0 Å². The molecule has 0 aliphatic carbocycles. The first kappa shape index (κ1) is 56.3. The molecule has 10 heteroatoms. The second-order valence-electron chi connectivity index (χ2n) is 0.143. The predicted molar refractivity (Wildman–Crippen MR) is 55.2 cm³/mol. The topological polar surface area (TPSA) is 100 Å². The van der Waals surface area contributed by atoms with Gasteiger partial charge < -0.3 is 18.5 Å². The number of halogens is 6. The van der Waals surface area contributed by atoms with E-state index in [9.17, 15) is 0 Å². The molecule has 0 radical (unpaired) electrons. The van der Waals surface area contributed by atoms with Crippen LogP contribution in [0.25, 0.3) is 18.5 Å². The van der Waals surface area contributed by atoms with E-state index in [-0.39, 0.29) is 55.7 Å². The van der Waals surface area contributed by atoms with Crippen molar-refractivity contribution in [3.05, 3.63) is 18.5 Å². The molecule has 0 amide bonds. The van der Waals surface area contributed by atoms with E-state index in [1.807, 2.05) is 0 Å². The van der Waals surface area contributed by atoms with Crippen LogP contribution >= 0.6 is 66.3 Å². The fourth-order valence-corrected chi connectivity index (χ4v) is 0. The van der Waals surface area contributed by atoms with Gasteiger partial charge in [-0.05, 0) is 0 Å². The van der Waals surface area contributed by atoms with Crippen LogP contribution in [0.2, 0.25) is 0 Å². The van der Waals surface area contributed by atoms with Crippen LogP contribution in [0.15, 0.2) is 0 Å². The molecule has 0 spiro atoms. The Labute approximate surface area is 96.9 Å². The average Bonchev–Trinajstić information content (AvgIpc) is 0.811. The summed E-state index contributed by atoms with van der Waals surface area (Å²) in [5, 5.41) is 0. The zero-order valence-electron chi connectivity index (χ0n) is 4.42. The van der Waals surface area contributed by atoms with Gasteiger partial charge in [0.1, 0.15) is 0 Å². The van der Waals surface area contributed by atoms with Crippen LogP contribution in [0, 0.1) is 0 Å². The number of hydrogen-bond acceptors (Lipinski definition) is 0. The predicted octanol–water partition coefficient (Wildman–Crippen LogP) is 5.48. The van der Waals surface area contributed by atoms with Crippen molar-refractivity contribution in [1.82, 2.24) is 0 Å². The molecule has 3 nitrogen and oxygen atoms in total. The van der Waals surface area contributed by atoms with Gasteiger partial charge >= 0.3 is 42.1 Å². The standard InChI is InChI=1S/6ClH.3H2N.Rh/h6*1H;3*1H2;/q;;;;;;3*-1;+3/p-3. The summed E-state index contributed by atoms with van der Waals surface area (Å²) in [6.45, 7) is 0. The van der Waals surface area contributed by atoms with Crippen LogP contribution in [-0.4, -0.2) is 0 Å². The molecule has 0 atom stereocenters. The van der Waals surface area contributed by atoms with Gasteiger partial charge in [-0.2, -0.15) is 0 Å². The molecule has 78 valence electrons. The van der Waals surface area contributed by atoms with E-state index in [1.165, 1.54) is 0 Å². The minimum Gasteiger partial charge on any atom is -0.693 e. The first-order valence-corrected chi connectivity index (χ1v) is 6.71. The number of nitrogens with two attached hydrogens (primary N) is 3. The Morgan fingerprint density at radius 2 is 0.600 bits per heavy atom. The third-order valence-electron chi connectivity index (χ3n) is 0. The number of rotatable bonds is 0. The summed E-state index contributed by atoms with van der Waals surface area (Å²) in [7, 11) is 14.8. The molecule has 0 aromatic carbocycles. The van der Waals surface area contributed by atoms with Crippen LogP contribution in [0.1, 0.15) is 0 Å². The fraction of sp³-hybridized carbons (Fsp3) is 0. The summed E-state index contributed by atoms with van der Waals surface area (Å²) < 4.78 is 0. The molecule has 0 unspecified atom stereocenters. The molecule has 6 N–H and O–H groups in total. The zero-order valence-corrected chi connectivity index (χ0v) is 10.8. The van der Waals surface area contributed by atoms with Gasteiger partial charge in [0.15, 0.2) is 0 Å². The molecule has 0 rings (SSSR count). The van der Waals surface area contributed by atoms with Crippen LogP contribution in [0.3, 0.4) is 0 Å². The molecule has 0 bridgehead atoms. The summed E-state index contributed by atoms with van der Waals surface area (Å²) in [6.07, 6.45) is 0. The van der Waals surface area contributed by atoms with Gasteiger partial charge in [-0.15, -0.1) is 37.2 Å². The smallest absolute Gasteiger partial charge is 0.693 e. The van der Waals surface area contributed by atoms with Gasteiger partial charge in [0.05, 0.1) is 0 Å². The van der Waals surface area contributed by atoms with Gasteiger partial charge in [-0.1, -0.05) is 0 Å². The third-order valence-corrected chi connectivity index (χ3v) is 0. The Morgan fingerprint density at radius 1 is 0.600 bits per heavy atom. The van der Waals surface area contributed by atoms with E-state index in [0.29, 0.717) is 0 Å². The van der Waals surface area contributed by atoms with Crippen LogP contribution in [-0.2, 0) is 13.0 Å². The maximum absolute atomic E-state index is 4.94. The Bertz CT molecular complexity index is 17.7. The van der Waals surface area contributed by atoms with Gasteiger partial charge in [0.2, 0.25) is 0 Å². The van der Waals surface area contributed by atoms with Crippen LogP contribution < -0.4 is 0 Å². The van der Waals surface area contributed by atoms with Crippen molar-refractivity contribution in [3.8, 4) is 0 Å². The Kier molecular flexibility index (Phi) is 242. The van der Waals surface area contributed by atoms with E-state index >= 15 is 0 Å². The van der Waals surface area contributed by atoms with E-state index in [4.69, 9.17) is 29.1 Å². The summed E-state index contributed by atoms with van der Waals surface area (Å²) in [6, 6.07) is 0. The SMILES string of the molecule is Cl.Cl.Cl.[Cl][Rh]([Cl])[Cl].[NH2-].[NH2-].[NH2-]. The molecular formula is H9Cl6N3Rh-3. The summed E-state index contributed by atoms with van der Waals surface area (Å²) in [5.41, 5.74) is 0. The summed E-state index contributed by atoms with van der Waals surface area (Å²) in [5.74, 6) is 0. The van der Waals surface area contributed by atoms with Crippen molar-refractivity contribution in [1.29, 1.82) is 0 Å². The first-order valence-electron chi connectivity index (χ1n) is 0.378. The maximum atomic E-state index is 4.94. The van der Waals surface area contributed by atoms with Crippen molar-refractivity contribution >= 4 is 66.3 Å². The normalized spacial score (nSPS) is 4.50. The van der Waals surface area contributed by atoms with E-state index in [1.54, 1.807) is 0 Å². The molecule has 0 aromatic heterocycles. The molecule has 0 aromatic rings. The third kappa shape index (κ3) is 174. The number of hydrogen-bond donors (Lipinski definition) is 0. The summed E-state index contributed by atoms with van der Waals surface area (Å²) >= 11 is -1.66. The van der Waals surface area contributed by atoms with Crippen LogP contribution in [0.4, 0.5) is 0 Å². The largest absolute Gasteiger partial charge is 0.693 e. The molecule has 0 heterocycles. The average molecular weight is 367 g/mol. The van der Waals surface area contributed by atoms with Gasteiger partial charge in [0.25, 0.3) is 0 Å². The molecule has 0 saturated heterocycles. The molecule has 0 aliphatic heterocycles. The molecule has 0 saturated carbocycles. The second kappa shape index (κ2) is 42.9. The van der Waals surface area contributed by atoms with Crippen LogP contribution in [0.5, 0.6) is 0 Å². The van der Waals surface area contributed by atoms with Gasteiger partial charge in [0, 0.05) is 0 Å². The Hall–Kier alpha value is 2.24. The van der Waals surface area contributed by atoms with Gasteiger partial charge in [-0.3, -0.25) is 0 Å². The van der Waals surface area contributed by atoms with Crippen molar-refractivity contribution < 1.29 is 13.0 Å². The molecular weight excluding hydrogens is 358 g/mol. The maximum Gasteiger partial charge on any atom is -0.693 e. The fourth-order valence-electron chi connectivity index (χ4n) is 0. The van der Waals surface area contributed by atoms with E-state index < -0.39 is 13.0 Å². The van der Waals surface area contributed by atoms with Crippen molar-refractivity contribution in [2.75, 3.05) is 0 Å². The quantitative estimate of drug-likeness (QED) is 0.507. The Morgan fingerprint density at radius 3 is 0.600 bits per heavy atom. The van der Waals surface area contributed by atoms with Gasteiger partial charge in [-0.25, -0.2) is 0 Å². The molecule has 0 aliphatic rings. The zero-order chi connectivity index (χ0) is 3.58. The minimum absolute atomic E-state index is 0.